The molecular weight excluding hydrogens is 338 g/mol. The largest absolute Gasteiger partial charge is 0.436 e. The maximum Gasteiger partial charge on any atom is 0.332 e. The molecule has 2 aliphatic rings. The molecule has 0 radical (unpaired) electrons. The van der Waals surface area contributed by atoms with Crippen molar-refractivity contribution >= 4 is 34.7 Å². The fourth-order valence-corrected chi connectivity index (χ4v) is 3.64. The lowest BCUT2D eigenvalue weighted by atomic mass is 9.84. The lowest BCUT2D eigenvalue weighted by molar-refractivity contribution is -0.153. The predicted molar refractivity (Wildman–Crippen MR) is 96.2 cm³/mol. The number of anilines is 1. The third kappa shape index (κ3) is 2.14. The molecule has 4 rings (SSSR count). The van der Waals surface area contributed by atoms with Crippen molar-refractivity contribution in [1.29, 1.82) is 0 Å². The monoisotopic (exact) mass is 351 g/mol. The van der Waals surface area contributed by atoms with E-state index >= 15 is 0 Å². The molecule has 0 aromatic heterocycles. The van der Waals surface area contributed by atoms with Crippen molar-refractivity contribution in [2.45, 2.75) is 5.60 Å². The number of benzene rings is 2. The van der Waals surface area contributed by atoms with Crippen molar-refractivity contribution in [1.82, 2.24) is 0 Å². The average Bonchev–Trinajstić information content (AvgIpc) is 3.07. The van der Waals surface area contributed by atoms with Gasteiger partial charge in [-0.15, -0.1) is 6.58 Å². The van der Waals surface area contributed by atoms with Gasteiger partial charge in [0, 0.05) is 28.8 Å². The van der Waals surface area contributed by atoms with Crippen LogP contribution in [0.3, 0.4) is 0 Å². The Hall–Kier alpha value is -2.85. The topological polar surface area (TPSA) is 46.6 Å². The molecule has 0 bridgehead atoms. The number of carbonyl (C=O) groups excluding carboxylic acids is 2. The molecule has 1 spiro atoms. The molecule has 0 N–H and O–H groups in total. The van der Waals surface area contributed by atoms with Gasteiger partial charge in [-0.2, -0.15) is 0 Å². The van der Waals surface area contributed by atoms with Gasteiger partial charge in [0.1, 0.15) is 0 Å². The molecule has 5 heteroatoms. The molecule has 124 valence electrons. The number of hydrogen-bond acceptors (Lipinski definition) is 3. The summed E-state index contributed by atoms with van der Waals surface area (Å²) in [5.74, 6) is -0.848. The van der Waals surface area contributed by atoms with Crippen LogP contribution in [0.25, 0.3) is 5.57 Å². The molecule has 1 atom stereocenters. The van der Waals surface area contributed by atoms with Crippen molar-refractivity contribution in [3.8, 4) is 0 Å². The van der Waals surface area contributed by atoms with E-state index in [0.29, 0.717) is 28.4 Å². The fourth-order valence-electron chi connectivity index (χ4n) is 3.47. The maximum atomic E-state index is 13.3. The van der Waals surface area contributed by atoms with Crippen LogP contribution in [-0.4, -0.2) is 18.4 Å². The predicted octanol–water partition coefficient (Wildman–Crippen LogP) is 3.71. The summed E-state index contributed by atoms with van der Waals surface area (Å²) in [6.45, 7) is 4.01. The SMILES string of the molecule is C=CCN1C(=O)[C@]2(OC(=O)C=C2c2ccccc2)c2ccc(Cl)cc21. The fraction of sp³-hybridized carbons (Fsp3) is 0.100. The zero-order valence-corrected chi connectivity index (χ0v) is 14.0. The normalized spacial score (nSPS) is 21.3. The summed E-state index contributed by atoms with van der Waals surface area (Å²) >= 11 is 6.13. The van der Waals surface area contributed by atoms with E-state index in [1.165, 1.54) is 6.08 Å². The summed E-state index contributed by atoms with van der Waals surface area (Å²) in [6.07, 6.45) is 3.02. The summed E-state index contributed by atoms with van der Waals surface area (Å²) in [5, 5.41) is 0.507. The van der Waals surface area contributed by atoms with Crippen LogP contribution in [0.1, 0.15) is 11.1 Å². The minimum absolute atomic E-state index is 0.299. The summed E-state index contributed by atoms with van der Waals surface area (Å²) in [6, 6.07) is 14.5. The van der Waals surface area contributed by atoms with E-state index < -0.39 is 11.6 Å². The van der Waals surface area contributed by atoms with Gasteiger partial charge < -0.3 is 9.64 Å². The standard InChI is InChI=1S/C20H14ClNO3/c1-2-10-22-17-11-14(21)8-9-15(17)20(19(22)24)16(12-18(23)25-20)13-6-4-3-5-7-13/h2-9,11-12H,1,10H2/t20-/m0/s1. The van der Waals surface area contributed by atoms with Crippen LogP contribution >= 0.6 is 11.6 Å². The van der Waals surface area contributed by atoms with Crippen LogP contribution in [0.5, 0.6) is 0 Å². The Morgan fingerprint density at radius 1 is 1.16 bits per heavy atom. The second-order valence-corrected chi connectivity index (χ2v) is 6.33. The van der Waals surface area contributed by atoms with E-state index in [2.05, 4.69) is 6.58 Å². The molecule has 2 aliphatic heterocycles. The number of amides is 1. The molecule has 0 unspecified atom stereocenters. The highest BCUT2D eigenvalue weighted by atomic mass is 35.5. The van der Waals surface area contributed by atoms with Gasteiger partial charge in [-0.3, -0.25) is 4.79 Å². The first-order chi connectivity index (χ1) is 12.1. The Morgan fingerprint density at radius 3 is 2.64 bits per heavy atom. The summed E-state index contributed by atoms with van der Waals surface area (Å²) in [4.78, 5) is 27.0. The maximum absolute atomic E-state index is 13.3. The number of carbonyl (C=O) groups is 2. The van der Waals surface area contributed by atoms with Gasteiger partial charge >= 0.3 is 5.97 Å². The zero-order valence-electron chi connectivity index (χ0n) is 13.2. The third-order valence-corrected chi connectivity index (χ3v) is 4.70. The highest BCUT2D eigenvalue weighted by molar-refractivity contribution is 6.31. The number of ether oxygens (including phenoxy) is 1. The lowest BCUT2D eigenvalue weighted by Crippen LogP contribution is -2.42. The van der Waals surface area contributed by atoms with Gasteiger partial charge in [-0.1, -0.05) is 54.1 Å². The molecule has 1 amide bonds. The van der Waals surface area contributed by atoms with Gasteiger partial charge in [-0.25, -0.2) is 4.79 Å². The minimum atomic E-state index is -1.47. The Balaban J connectivity index is 1.98. The van der Waals surface area contributed by atoms with Crippen molar-refractivity contribution in [2.24, 2.45) is 0 Å². The van der Waals surface area contributed by atoms with Gasteiger partial charge in [0.25, 0.3) is 5.91 Å². The van der Waals surface area contributed by atoms with Gasteiger partial charge in [0.05, 0.1) is 5.69 Å². The Bertz CT molecular complexity index is 935. The van der Waals surface area contributed by atoms with Crippen LogP contribution < -0.4 is 4.90 Å². The van der Waals surface area contributed by atoms with Crippen molar-refractivity contribution < 1.29 is 14.3 Å². The van der Waals surface area contributed by atoms with Gasteiger partial charge in [0.2, 0.25) is 5.60 Å². The smallest absolute Gasteiger partial charge is 0.332 e. The average molecular weight is 352 g/mol. The molecule has 4 nitrogen and oxygen atoms in total. The summed E-state index contributed by atoms with van der Waals surface area (Å²) < 4.78 is 5.63. The quantitative estimate of drug-likeness (QED) is 0.625. The van der Waals surface area contributed by atoms with E-state index in [0.717, 1.165) is 5.56 Å². The molecule has 25 heavy (non-hydrogen) atoms. The Labute approximate surface area is 150 Å². The van der Waals surface area contributed by atoms with E-state index in [9.17, 15) is 9.59 Å². The molecule has 2 aromatic rings. The van der Waals surface area contributed by atoms with E-state index in [4.69, 9.17) is 16.3 Å². The molecule has 2 heterocycles. The third-order valence-electron chi connectivity index (χ3n) is 4.47. The first-order valence-corrected chi connectivity index (χ1v) is 8.19. The second kappa shape index (κ2) is 5.60. The molecule has 2 aromatic carbocycles. The van der Waals surface area contributed by atoms with E-state index in [1.807, 2.05) is 30.3 Å². The summed E-state index contributed by atoms with van der Waals surface area (Å²) in [5.41, 5.74) is 1.08. The van der Waals surface area contributed by atoms with Gasteiger partial charge in [0.15, 0.2) is 0 Å². The number of rotatable bonds is 3. The van der Waals surface area contributed by atoms with Crippen LogP contribution in [0.4, 0.5) is 5.69 Å². The molecular formula is C20H14ClNO3. The number of halogens is 1. The molecule has 0 saturated heterocycles. The number of nitrogens with zero attached hydrogens (tertiary/aromatic N) is 1. The van der Waals surface area contributed by atoms with Crippen LogP contribution in [-0.2, 0) is 19.9 Å². The van der Waals surface area contributed by atoms with E-state index in [-0.39, 0.29) is 5.91 Å². The van der Waals surface area contributed by atoms with Gasteiger partial charge in [-0.05, 0) is 17.7 Å². The van der Waals surface area contributed by atoms with Crippen LogP contribution in [0.2, 0.25) is 5.02 Å². The Morgan fingerprint density at radius 2 is 1.92 bits per heavy atom. The Kier molecular flexibility index (Phi) is 3.51. The highest BCUT2D eigenvalue weighted by Gasteiger charge is 2.59. The summed E-state index contributed by atoms with van der Waals surface area (Å²) in [7, 11) is 0. The van der Waals surface area contributed by atoms with Crippen LogP contribution in [0.15, 0.2) is 67.3 Å². The first-order valence-electron chi connectivity index (χ1n) is 7.81. The first kappa shape index (κ1) is 15.7. The number of hydrogen-bond donors (Lipinski definition) is 0. The molecule has 0 saturated carbocycles. The molecule has 0 fully saturated rings. The van der Waals surface area contributed by atoms with Crippen molar-refractivity contribution in [3.05, 3.63) is 83.4 Å². The zero-order chi connectivity index (χ0) is 17.6. The van der Waals surface area contributed by atoms with Crippen molar-refractivity contribution in [2.75, 3.05) is 11.4 Å². The van der Waals surface area contributed by atoms with Crippen molar-refractivity contribution in [3.63, 3.8) is 0 Å². The lowest BCUT2D eigenvalue weighted by Gasteiger charge is -2.26. The van der Waals surface area contributed by atoms with E-state index in [1.54, 1.807) is 29.2 Å². The number of esters is 1. The number of fused-ring (bicyclic) bond motifs is 2. The second-order valence-electron chi connectivity index (χ2n) is 5.89. The van der Waals surface area contributed by atoms with Crippen LogP contribution in [0, 0.1) is 0 Å². The minimum Gasteiger partial charge on any atom is -0.436 e. The molecule has 0 aliphatic carbocycles. The highest BCUT2D eigenvalue weighted by Crippen LogP contribution is 2.53.